The van der Waals surface area contributed by atoms with Crippen LogP contribution < -0.4 is 10.2 Å². The molecule has 5 nitrogen and oxygen atoms in total. The van der Waals surface area contributed by atoms with Crippen molar-refractivity contribution in [1.82, 2.24) is 15.3 Å². The quantitative estimate of drug-likeness (QED) is 0.650. The number of piperazine rings is 1. The standard InChI is InChI=1S/C19H19F3N4OS/c20-19(21,22)14-5-6-15-16(11-14)25-18(24-15)28(27)12-13-3-1-2-4-17(13)26-9-7-23-8-10-26/h1-6,11,23H,7-10,12H2,(H,24,25). The van der Waals surface area contributed by atoms with Gasteiger partial charge in [0.05, 0.1) is 16.6 Å². The number of imidazole rings is 1. The molecule has 0 bridgehead atoms. The van der Waals surface area contributed by atoms with Crippen LogP contribution in [0.25, 0.3) is 11.0 Å². The molecule has 4 rings (SSSR count). The first-order chi connectivity index (χ1) is 13.4. The Kier molecular flexibility index (Phi) is 5.22. The molecule has 0 radical (unpaired) electrons. The normalized spacial score (nSPS) is 16.5. The Hall–Kier alpha value is -2.23. The minimum Gasteiger partial charge on any atom is -0.609 e. The molecule has 1 aromatic heterocycles. The second-order valence-corrected chi connectivity index (χ2v) is 7.99. The molecule has 148 valence electrons. The summed E-state index contributed by atoms with van der Waals surface area (Å²) >= 11 is -1.50. The van der Waals surface area contributed by atoms with E-state index >= 15 is 0 Å². The second kappa shape index (κ2) is 7.65. The zero-order chi connectivity index (χ0) is 19.7. The van der Waals surface area contributed by atoms with Crippen molar-refractivity contribution in [3.05, 3.63) is 53.6 Å². The molecule has 1 atom stereocenters. The van der Waals surface area contributed by atoms with Gasteiger partial charge < -0.3 is 14.8 Å². The highest BCUT2D eigenvalue weighted by molar-refractivity contribution is 7.90. The van der Waals surface area contributed by atoms with E-state index in [0.29, 0.717) is 5.52 Å². The van der Waals surface area contributed by atoms with Crippen LogP contribution in [0.1, 0.15) is 11.1 Å². The molecule has 1 saturated heterocycles. The van der Waals surface area contributed by atoms with Gasteiger partial charge in [-0.25, -0.2) is 0 Å². The van der Waals surface area contributed by atoms with Crippen LogP contribution in [0.4, 0.5) is 18.9 Å². The largest absolute Gasteiger partial charge is 0.609 e. The number of aromatic nitrogens is 2. The Labute approximate surface area is 163 Å². The van der Waals surface area contributed by atoms with Crippen molar-refractivity contribution in [2.45, 2.75) is 17.1 Å². The van der Waals surface area contributed by atoms with Gasteiger partial charge in [0.1, 0.15) is 5.75 Å². The zero-order valence-electron chi connectivity index (χ0n) is 14.9. The van der Waals surface area contributed by atoms with E-state index in [0.717, 1.165) is 49.6 Å². The fourth-order valence-electron chi connectivity index (χ4n) is 3.32. The summed E-state index contributed by atoms with van der Waals surface area (Å²) in [6, 6.07) is 11.1. The van der Waals surface area contributed by atoms with Gasteiger partial charge in [0.15, 0.2) is 0 Å². The summed E-state index contributed by atoms with van der Waals surface area (Å²) in [7, 11) is 0. The molecular weight excluding hydrogens is 389 g/mol. The van der Waals surface area contributed by atoms with Gasteiger partial charge in [0.25, 0.3) is 0 Å². The van der Waals surface area contributed by atoms with Crippen LogP contribution in [0.2, 0.25) is 0 Å². The molecule has 1 aliphatic rings. The lowest BCUT2D eigenvalue weighted by Gasteiger charge is -2.31. The molecule has 3 aromatic rings. The number of rotatable bonds is 4. The monoisotopic (exact) mass is 408 g/mol. The minimum absolute atomic E-state index is 0.161. The van der Waals surface area contributed by atoms with E-state index in [9.17, 15) is 17.7 Å². The number of nitrogens with one attached hydrogen (secondary N) is 2. The average Bonchev–Trinajstić information content (AvgIpc) is 3.12. The zero-order valence-corrected chi connectivity index (χ0v) is 15.7. The third kappa shape index (κ3) is 3.96. The Morgan fingerprint density at radius 2 is 1.86 bits per heavy atom. The second-order valence-electron chi connectivity index (χ2n) is 6.63. The molecular formula is C19H19F3N4OS. The summed E-state index contributed by atoms with van der Waals surface area (Å²) in [5.74, 6) is 0.242. The lowest BCUT2D eigenvalue weighted by atomic mass is 10.1. The summed E-state index contributed by atoms with van der Waals surface area (Å²) in [6.07, 6.45) is -4.44. The van der Waals surface area contributed by atoms with E-state index in [1.54, 1.807) is 0 Å². The van der Waals surface area contributed by atoms with Gasteiger partial charge in [-0.05, 0) is 24.3 Å². The van der Waals surface area contributed by atoms with E-state index in [2.05, 4.69) is 20.2 Å². The van der Waals surface area contributed by atoms with Crippen LogP contribution in [0, 0.1) is 0 Å². The van der Waals surface area contributed by atoms with Crippen LogP contribution in [-0.2, 0) is 23.1 Å². The van der Waals surface area contributed by atoms with Crippen LogP contribution in [0.15, 0.2) is 47.6 Å². The summed E-state index contributed by atoms with van der Waals surface area (Å²) < 4.78 is 51.5. The Morgan fingerprint density at radius 1 is 1.11 bits per heavy atom. The minimum atomic E-state index is -4.44. The van der Waals surface area contributed by atoms with Crippen LogP contribution in [0.3, 0.4) is 0 Å². The number of halogens is 3. The number of nitrogens with zero attached hydrogens (tertiary/aromatic N) is 2. The van der Waals surface area contributed by atoms with E-state index < -0.39 is 22.9 Å². The third-order valence-electron chi connectivity index (χ3n) is 4.74. The number of anilines is 1. The number of aromatic amines is 1. The van der Waals surface area contributed by atoms with Crippen molar-refractivity contribution in [3.63, 3.8) is 0 Å². The molecule has 0 amide bonds. The fraction of sp³-hybridized carbons (Fsp3) is 0.316. The highest BCUT2D eigenvalue weighted by atomic mass is 32.2. The topological polar surface area (TPSA) is 67.0 Å². The summed E-state index contributed by atoms with van der Waals surface area (Å²) in [6.45, 7) is 3.52. The number of fused-ring (bicyclic) bond motifs is 1. The van der Waals surface area contributed by atoms with Crippen molar-refractivity contribution < 1.29 is 17.7 Å². The lowest BCUT2D eigenvalue weighted by Crippen LogP contribution is -2.43. The molecule has 0 aliphatic carbocycles. The summed E-state index contributed by atoms with van der Waals surface area (Å²) in [5, 5.41) is 3.49. The van der Waals surface area contributed by atoms with E-state index in [-0.39, 0.29) is 16.4 Å². The van der Waals surface area contributed by atoms with Gasteiger partial charge in [-0.3, -0.25) is 4.98 Å². The molecule has 28 heavy (non-hydrogen) atoms. The van der Waals surface area contributed by atoms with Gasteiger partial charge in [0, 0.05) is 48.6 Å². The first-order valence-electron chi connectivity index (χ1n) is 8.91. The van der Waals surface area contributed by atoms with Gasteiger partial charge in [0.2, 0.25) is 0 Å². The molecule has 0 saturated carbocycles. The maximum atomic E-state index is 12.9. The maximum absolute atomic E-state index is 12.9. The molecule has 1 unspecified atom stereocenters. The van der Waals surface area contributed by atoms with Crippen molar-refractivity contribution in [2.24, 2.45) is 0 Å². The molecule has 9 heteroatoms. The van der Waals surface area contributed by atoms with Crippen molar-refractivity contribution >= 4 is 27.9 Å². The molecule has 2 heterocycles. The van der Waals surface area contributed by atoms with E-state index in [4.69, 9.17) is 0 Å². The first kappa shape index (κ1) is 19.1. The highest BCUT2D eigenvalue weighted by Crippen LogP contribution is 2.31. The van der Waals surface area contributed by atoms with Gasteiger partial charge in [-0.15, -0.1) is 0 Å². The molecule has 2 N–H and O–H groups in total. The number of para-hydroxylation sites is 1. The van der Waals surface area contributed by atoms with E-state index in [1.165, 1.54) is 6.07 Å². The van der Waals surface area contributed by atoms with Gasteiger partial charge in [-0.1, -0.05) is 18.2 Å². The SMILES string of the molecule is [O-][S+](Cc1ccccc1N1CCNCC1)c1nc2cc(C(F)(F)F)ccc2[nH]1. The third-order valence-corrected chi connectivity index (χ3v) is 5.94. The number of hydrogen-bond donors (Lipinski definition) is 2. The molecule has 1 aliphatic heterocycles. The van der Waals surface area contributed by atoms with Crippen molar-refractivity contribution in [1.29, 1.82) is 0 Å². The van der Waals surface area contributed by atoms with Crippen LogP contribution >= 0.6 is 0 Å². The predicted octanol–water partition coefficient (Wildman–Crippen LogP) is 3.30. The predicted molar refractivity (Wildman–Crippen MR) is 103 cm³/mol. The number of benzene rings is 2. The molecule has 2 aromatic carbocycles. The van der Waals surface area contributed by atoms with Gasteiger partial charge >= 0.3 is 11.3 Å². The van der Waals surface area contributed by atoms with Crippen LogP contribution in [-0.4, -0.2) is 40.7 Å². The van der Waals surface area contributed by atoms with Crippen LogP contribution in [0.5, 0.6) is 0 Å². The highest BCUT2D eigenvalue weighted by Gasteiger charge is 2.31. The first-order valence-corrected chi connectivity index (χ1v) is 10.2. The number of alkyl halides is 3. The lowest BCUT2D eigenvalue weighted by molar-refractivity contribution is -0.137. The smallest absolute Gasteiger partial charge is 0.416 e. The van der Waals surface area contributed by atoms with Gasteiger partial charge in [-0.2, -0.15) is 18.2 Å². The average molecular weight is 408 g/mol. The molecule has 1 fully saturated rings. The van der Waals surface area contributed by atoms with Crippen molar-refractivity contribution in [3.8, 4) is 0 Å². The summed E-state index contributed by atoms with van der Waals surface area (Å²) in [4.78, 5) is 9.28. The van der Waals surface area contributed by atoms with E-state index in [1.807, 2.05) is 24.3 Å². The number of H-pyrrole nitrogens is 1. The Balaban J connectivity index is 1.58. The fourth-order valence-corrected chi connectivity index (χ4v) is 4.41. The maximum Gasteiger partial charge on any atom is 0.416 e. The Bertz CT molecular complexity index is 969. The van der Waals surface area contributed by atoms with Crippen molar-refractivity contribution in [2.75, 3.05) is 31.1 Å². The summed E-state index contributed by atoms with van der Waals surface area (Å²) in [5.41, 5.74) is 1.79. The number of hydrogen-bond acceptors (Lipinski definition) is 4. The Morgan fingerprint density at radius 3 is 2.61 bits per heavy atom. The molecule has 0 spiro atoms.